The maximum Gasteiger partial charge on any atom is 0.165 e. The molecule has 0 unspecified atom stereocenters. The molecule has 1 aliphatic rings. The van der Waals surface area contributed by atoms with Crippen LogP contribution in [0.1, 0.15) is 29.6 Å². The van der Waals surface area contributed by atoms with Crippen molar-refractivity contribution in [2.75, 3.05) is 19.7 Å². The summed E-state index contributed by atoms with van der Waals surface area (Å²) in [5.41, 5.74) is 0.596. The molecular formula is C14H18ClNO2. The van der Waals surface area contributed by atoms with Crippen LogP contribution in [0.15, 0.2) is 24.3 Å². The van der Waals surface area contributed by atoms with Crippen molar-refractivity contribution in [1.29, 1.82) is 0 Å². The van der Waals surface area contributed by atoms with E-state index in [1.165, 1.54) is 12.8 Å². The highest BCUT2D eigenvalue weighted by Gasteiger charge is 2.28. The molecule has 1 N–H and O–H groups in total. The lowest BCUT2D eigenvalue weighted by Gasteiger charge is -2.20. The fourth-order valence-electron chi connectivity index (χ4n) is 2.11. The molecule has 0 bridgehead atoms. The van der Waals surface area contributed by atoms with E-state index in [9.17, 15) is 4.79 Å². The van der Waals surface area contributed by atoms with Gasteiger partial charge in [-0.15, -0.1) is 0 Å². The molecule has 1 fully saturated rings. The van der Waals surface area contributed by atoms with Gasteiger partial charge in [-0.2, -0.15) is 0 Å². The van der Waals surface area contributed by atoms with Crippen LogP contribution < -0.4 is 0 Å². The van der Waals surface area contributed by atoms with Crippen molar-refractivity contribution in [2.24, 2.45) is 0 Å². The Morgan fingerprint density at radius 1 is 1.33 bits per heavy atom. The van der Waals surface area contributed by atoms with Gasteiger partial charge in [0.2, 0.25) is 0 Å². The number of hydrogen-bond donors (Lipinski definition) is 1. The Labute approximate surface area is 112 Å². The highest BCUT2D eigenvalue weighted by molar-refractivity contribution is 6.33. The van der Waals surface area contributed by atoms with E-state index in [-0.39, 0.29) is 12.4 Å². The van der Waals surface area contributed by atoms with E-state index in [2.05, 4.69) is 4.90 Å². The predicted octanol–water partition coefficient (Wildman–Crippen LogP) is 2.37. The summed E-state index contributed by atoms with van der Waals surface area (Å²) in [5, 5.41) is 9.51. The average Bonchev–Trinajstić information content (AvgIpc) is 3.19. The van der Waals surface area contributed by atoms with E-state index < -0.39 is 0 Å². The predicted molar refractivity (Wildman–Crippen MR) is 72.1 cm³/mol. The molecule has 1 aromatic carbocycles. The largest absolute Gasteiger partial charge is 0.395 e. The first kappa shape index (κ1) is 13.5. The van der Waals surface area contributed by atoms with E-state index in [0.29, 0.717) is 36.1 Å². The molecule has 0 heterocycles. The fraction of sp³-hybridized carbons (Fsp3) is 0.500. The van der Waals surface area contributed by atoms with Crippen molar-refractivity contribution in [3.05, 3.63) is 34.9 Å². The molecule has 3 nitrogen and oxygen atoms in total. The third-order valence-electron chi connectivity index (χ3n) is 3.25. The number of aliphatic hydroxyl groups is 1. The molecule has 0 saturated heterocycles. The van der Waals surface area contributed by atoms with Gasteiger partial charge in [0, 0.05) is 31.1 Å². The van der Waals surface area contributed by atoms with Gasteiger partial charge in [-0.3, -0.25) is 9.69 Å². The summed E-state index contributed by atoms with van der Waals surface area (Å²) in [4.78, 5) is 14.2. The molecule has 1 aromatic rings. The molecule has 1 saturated carbocycles. The zero-order valence-electron chi connectivity index (χ0n) is 10.3. The van der Waals surface area contributed by atoms with Crippen LogP contribution in [0, 0.1) is 0 Å². The first-order valence-corrected chi connectivity index (χ1v) is 6.73. The Morgan fingerprint density at radius 2 is 2.06 bits per heavy atom. The van der Waals surface area contributed by atoms with Gasteiger partial charge in [0.05, 0.1) is 11.6 Å². The minimum Gasteiger partial charge on any atom is -0.395 e. The third kappa shape index (κ3) is 3.55. The van der Waals surface area contributed by atoms with E-state index in [1.807, 2.05) is 12.1 Å². The van der Waals surface area contributed by atoms with Gasteiger partial charge >= 0.3 is 0 Å². The summed E-state index contributed by atoms with van der Waals surface area (Å²) in [6.45, 7) is 1.51. The number of ketones is 1. The number of Topliss-reactive ketones (excluding diaryl/α,β-unsaturated/α-hetero) is 1. The smallest absolute Gasteiger partial charge is 0.165 e. The molecule has 0 atom stereocenters. The summed E-state index contributed by atoms with van der Waals surface area (Å²) in [6, 6.07) is 7.71. The number of aliphatic hydroxyl groups excluding tert-OH is 1. The zero-order valence-corrected chi connectivity index (χ0v) is 11.1. The number of carbonyl (C=O) groups is 1. The Balaban J connectivity index is 1.89. The summed E-state index contributed by atoms with van der Waals surface area (Å²) in [7, 11) is 0. The van der Waals surface area contributed by atoms with Crippen LogP contribution >= 0.6 is 11.6 Å². The molecule has 4 heteroatoms. The van der Waals surface area contributed by atoms with Gasteiger partial charge in [0.15, 0.2) is 5.78 Å². The molecule has 0 spiro atoms. The highest BCUT2D eigenvalue weighted by Crippen LogP contribution is 2.27. The fourth-order valence-corrected chi connectivity index (χ4v) is 2.35. The topological polar surface area (TPSA) is 40.5 Å². The lowest BCUT2D eigenvalue weighted by molar-refractivity contribution is 0.0954. The Morgan fingerprint density at radius 3 is 2.67 bits per heavy atom. The Kier molecular flexibility index (Phi) is 4.75. The lowest BCUT2D eigenvalue weighted by Crippen LogP contribution is -2.31. The SMILES string of the molecule is O=C(CCN(CCO)C1CC1)c1ccccc1Cl. The first-order valence-electron chi connectivity index (χ1n) is 6.35. The van der Waals surface area contributed by atoms with Crippen molar-refractivity contribution in [2.45, 2.75) is 25.3 Å². The maximum atomic E-state index is 12.0. The van der Waals surface area contributed by atoms with Crippen molar-refractivity contribution >= 4 is 17.4 Å². The zero-order chi connectivity index (χ0) is 13.0. The van der Waals surface area contributed by atoms with Crippen LogP contribution in [-0.2, 0) is 0 Å². The number of carbonyl (C=O) groups excluding carboxylic acids is 1. The second kappa shape index (κ2) is 6.32. The van der Waals surface area contributed by atoms with Crippen LogP contribution in [0.5, 0.6) is 0 Å². The monoisotopic (exact) mass is 267 g/mol. The number of benzene rings is 1. The Bertz CT molecular complexity index is 418. The summed E-state index contributed by atoms with van der Waals surface area (Å²) in [5.74, 6) is 0.0733. The molecule has 0 amide bonds. The van der Waals surface area contributed by atoms with E-state index >= 15 is 0 Å². The second-order valence-corrected chi connectivity index (χ2v) is 5.05. The van der Waals surface area contributed by atoms with Crippen molar-refractivity contribution < 1.29 is 9.90 Å². The normalized spacial score (nSPS) is 15.1. The molecule has 0 radical (unpaired) electrons. The molecule has 0 aromatic heterocycles. The van der Waals surface area contributed by atoms with Crippen LogP contribution in [-0.4, -0.2) is 41.5 Å². The Hall–Kier alpha value is -0.900. The van der Waals surface area contributed by atoms with E-state index in [1.54, 1.807) is 12.1 Å². The minimum absolute atomic E-state index is 0.0733. The van der Waals surface area contributed by atoms with Crippen LogP contribution in [0.4, 0.5) is 0 Å². The minimum atomic E-state index is 0.0733. The van der Waals surface area contributed by atoms with E-state index in [4.69, 9.17) is 16.7 Å². The van der Waals surface area contributed by atoms with Gasteiger partial charge < -0.3 is 5.11 Å². The van der Waals surface area contributed by atoms with Crippen molar-refractivity contribution in [1.82, 2.24) is 4.90 Å². The first-order chi connectivity index (χ1) is 8.72. The van der Waals surface area contributed by atoms with Gasteiger partial charge in [-0.05, 0) is 25.0 Å². The molecule has 18 heavy (non-hydrogen) atoms. The second-order valence-electron chi connectivity index (χ2n) is 4.64. The van der Waals surface area contributed by atoms with Crippen LogP contribution in [0.25, 0.3) is 0 Å². The van der Waals surface area contributed by atoms with Gasteiger partial charge in [0.25, 0.3) is 0 Å². The number of halogens is 1. The molecule has 2 rings (SSSR count). The van der Waals surface area contributed by atoms with Crippen molar-refractivity contribution in [3.63, 3.8) is 0 Å². The quantitative estimate of drug-likeness (QED) is 0.771. The third-order valence-corrected chi connectivity index (χ3v) is 3.58. The molecule has 98 valence electrons. The van der Waals surface area contributed by atoms with Gasteiger partial charge in [-0.1, -0.05) is 23.7 Å². The molecule has 1 aliphatic carbocycles. The maximum absolute atomic E-state index is 12.0. The number of nitrogens with zero attached hydrogens (tertiary/aromatic N) is 1. The van der Waals surface area contributed by atoms with Gasteiger partial charge in [0.1, 0.15) is 0 Å². The summed E-state index contributed by atoms with van der Waals surface area (Å²) in [6.07, 6.45) is 2.82. The summed E-state index contributed by atoms with van der Waals surface area (Å²) >= 11 is 6.00. The molecular weight excluding hydrogens is 250 g/mol. The average molecular weight is 268 g/mol. The van der Waals surface area contributed by atoms with Gasteiger partial charge in [-0.25, -0.2) is 0 Å². The number of hydrogen-bond acceptors (Lipinski definition) is 3. The van der Waals surface area contributed by atoms with Crippen LogP contribution in [0.2, 0.25) is 5.02 Å². The van der Waals surface area contributed by atoms with Crippen molar-refractivity contribution in [3.8, 4) is 0 Å². The summed E-state index contributed by atoms with van der Waals surface area (Å²) < 4.78 is 0. The number of rotatable bonds is 7. The lowest BCUT2D eigenvalue weighted by atomic mass is 10.1. The van der Waals surface area contributed by atoms with E-state index in [0.717, 1.165) is 0 Å². The molecule has 0 aliphatic heterocycles. The highest BCUT2D eigenvalue weighted by atomic mass is 35.5. The standard InChI is InChI=1S/C14H18ClNO2/c15-13-4-2-1-3-12(13)14(18)7-8-16(9-10-17)11-5-6-11/h1-4,11,17H,5-10H2. The van der Waals surface area contributed by atoms with Crippen LogP contribution in [0.3, 0.4) is 0 Å².